The van der Waals surface area contributed by atoms with E-state index in [0.29, 0.717) is 12.1 Å². The number of ether oxygens (including phenoxy) is 1. The van der Waals surface area contributed by atoms with Gasteiger partial charge in [0.2, 0.25) is 11.8 Å². The summed E-state index contributed by atoms with van der Waals surface area (Å²) in [6.45, 7) is 11.2. The molecule has 0 spiro atoms. The number of nitrogens with one attached hydrogen (secondary N) is 1. The molecule has 1 aliphatic rings. The summed E-state index contributed by atoms with van der Waals surface area (Å²) < 4.78 is 19.3. The molecule has 1 atom stereocenters. The zero-order chi connectivity index (χ0) is 22.7. The van der Waals surface area contributed by atoms with Gasteiger partial charge in [-0.05, 0) is 38.5 Å². The highest BCUT2D eigenvalue weighted by Crippen LogP contribution is 2.27. The van der Waals surface area contributed by atoms with E-state index in [1.165, 1.54) is 17.0 Å². The average Bonchev–Trinajstić information content (AvgIpc) is 2.63. The van der Waals surface area contributed by atoms with Crippen molar-refractivity contribution in [3.8, 4) is 0 Å². The summed E-state index contributed by atoms with van der Waals surface area (Å²) in [7, 11) is 0. The zero-order valence-electron chi connectivity index (χ0n) is 18.6. The van der Waals surface area contributed by atoms with Crippen molar-refractivity contribution in [2.75, 3.05) is 26.2 Å². The Labute approximate surface area is 177 Å². The zero-order valence-corrected chi connectivity index (χ0v) is 18.6. The lowest BCUT2D eigenvalue weighted by Gasteiger charge is -2.42. The van der Waals surface area contributed by atoms with E-state index in [0.717, 1.165) is 0 Å². The fourth-order valence-electron chi connectivity index (χ4n) is 3.10. The standard InChI is InChI=1S/C22H32FN3O4/c1-21(2,3)19(28)24-13-18(27)26-11-10-25(20(29)30-22(4,5)6)14-17(26)15-8-7-9-16(23)12-15/h7-9,12,17H,10-11,13-14H2,1-6H3,(H,24,28)/t17-/m0/s1. The van der Waals surface area contributed by atoms with Gasteiger partial charge < -0.3 is 19.9 Å². The van der Waals surface area contributed by atoms with Crippen LogP contribution >= 0.6 is 0 Å². The van der Waals surface area contributed by atoms with Crippen molar-refractivity contribution >= 4 is 17.9 Å². The van der Waals surface area contributed by atoms with Crippen LogP contribution in [0.2, 0.25) is 0 Å². The van der Waals surface area contributed by atoms with Gasteiger partial charge in [-0.3, -0.25) is 9.59 Å². The highest BCUT2D eigenvalue weighted by atomic mass is 19.1. The fraction of sp³-hybridized carbons (Fsp3) is 0.591. The predicted octanol–water partition coefficient (Wildman–Crippen LogP) is 3.11. The molecule has 3 amide bonds. The fourth-order valence-corrected chi connectivity index (χ4v) is 3.10. The molecule has 0 aromatic heterocycles. The molecule has 0 radical (unpaired) electrons. The van der Waals surface area contributed by atoms with Crippen molar-refractivity contribution in [1.29, 1.82) is 0 Å². The van der Waals surface area contributed by atoms with Crippen LogP contribution in [0, 0.1) is 11.2 Å². The van der Waals surface area contributed by atoms with Crippen molar-refractivity contribution in [2.45, 2.75) is 53.2 Å². The Bertz CT molecular complexity index is 798. The third-order valence-corrected chi connectivity index (χ3v) is 4.67. The van der Waals surface area contributed by atoms with Gasteiger partial charge in [0.05, 0.1) is 12.6 Å². The van der Waals surface area contributed by atoms with Crippen LogP contribution in [0.3, 0.4) is 0 Å². The molecule has 0 aliphatic carbocycles. The first-order valence-electron chi connectivity index (χ1n) is 10.1. The maximum atomic E-state index is 13.8. The molecule has 0 saturated carbocycles. The van der Waals surface area contributed by atoms with Crippen LogP contribution in [-0.4, -0.2) is 59.5 Å². The minimum Gasteiger partial charge on any atom is -0.444 e. The number of halogens is 1. The third-order valence-electron chi connectivity index (χ3n) is 4.67. The van der Waals surface area contributed by atoms with E-state index in [2.05, 4.69) is 5.32 Å². The molecule has 1 N–H and O–H groups in total. The molecule has 8 heteroatoms. The molecule has 30 heavy (non-hydrogen) atoms. The van der Waals surface area contributed by atoms with E-state index >= 15 is 0 Å². The first-order valence-corrected chi connectivity index (χ1v) is 10.1. The summed E-state index contributed by atoms with van der Waals surface area (Å²) in [4.78, 5) is 40.6. The highest BCUT2D eigenvalue weighted by Gasteiger charge is 2.35. The summed E-state index contributed by atoms with van der Waals surface area (Å²) >= 11 is 0. The number of hydrogen-bond acceptors (Lipinski definition) is 4. The van der Waals surface area contributed by atoms with Gasteiger partial charge in [0.25, 0.3) is 0 Å². The van der Waals surface area contributed by atoms with Crippen molar-refractivity contribution in [1.82, 2.24) is 15.1 Å². The first-order chi connectivity index (χ1) is 13.8. The minimum absolute atomic E-state index is 0.158. The van der Waals surface area contributed by atoms with E-state index in [4.69, 9.17) is 4.74 Å². The normalized spacial score (nSPS) is 17.5. The largest absolute Gasteiger partial charge is 0.444 e. The summed E-state index contributed by atoms with van der Waals surface area (Å²) in [5.74, 6) is -0.938. The quantitative estimate of drug-likeness (QED) is 0.813. The van der Waals surface area contributed by atoms with E-state index in [-0.39, 0.29) is 31.4 Å². The molecule has 166 valence electrons. The van der Waals surface area contributed by atoms with Crippen LogP contribution in [0.25, 0.3) is 0 Å². The Kier molecular flexibility index (Phi) is 7.10. The van der Waals surface area contributed by atoms with Crippen LogP contribution in [0.1, 0.15) is 53.1 Å². The van der Waals surface area contributed by atoms with Crippen molar-refractivity contribution in [3.63, 3.8) is 0 Å². The Balaban J connectivity index is 2.19. The molecule has 0 bridgehead atoms. The monoisotopic (exact) mass is 421 g/mol. The number of carbonyl (C=O) groups excluding carboxylic acids is 3. The molecular weight excluding hydrogens is 389 g/mol. The lowest BCUT2D eigenvalue weighted by Crippen LogP contribution is -2.55. The second-order valence-electron chi connectivity index (χ2n) is 9.52. The van der Waals surface area contributed by atoms with E-state index in [1.54, 1.807) is 58.6 Å². The van der Waals surface area contributed by atoms with Gasteiger partial charge in [0.1, 0.15) is 11.4 Å². The van der Waals surface area contributed by atoms with Crippen LogP contribution in [0.15, 0.2) is 24.3 Å². The Hall–Kier alpha value is -2.64. The van der Waals surface area contributed by atoms with Gasteiger partial charge in [-0.2, -0.15) is 0 Å². The molecule has 0 unspecified atom stereocenters. The van der Waals surface area contributed by atoms with Crippen LogP contribution in [0.4, 0.5) is 9.18 Å². The molecule has 1 saturated heterocycles. The van der Waals surface area contributed by atoms with Gasteiger partial charge >= 0.3 is 6.09 Å². The molecule has 1 aromatic carbocycles. The highest BCUT2D eigenvalue weighted by molar-refractivity contribution is 5.87. The van der Waals surface area contributed by atoms with Crippen LogP contribution in [-0.2, 0) is 14.3 Å². The molecule has 7 nitrogen and oxygen atoms in total. The average molecular weight is 422 g/mol. The lowest BCUT2D eigenvalue weighted by atomic mass is 9.96. The number of hydrogen-bond donors (Lipinski definition) is 1. The summed E-state index contributed by atoms with van der Waals surface area (Å²) in [5, 5.41) is 2.66. The molecule has 1 aliphatic heterocycles. The number of benzene rings is 1. The topological polar surface area (TPSA) is 79.0 Å². The summed E-state index contributed by atoms with van der Waals surface area (Å²) in [6, 6.07) is 5.44. The van der Waals surface area contributed by atoms with Gasteiger partial charge in [-0.25, -0.2) is 9.18 Å². The molecule has 1 aromatic rings. The van der Waals surface area contributed by atoms with Crippen molar-refractivity contribution in [2.24, 2.45) is 5.41 Å². The number of piperazine rings is 1. The Morgan fingerprint density at radius 1 is 1.13 bits per heavy atom. The number of carbonyl (C=O) groups is 3. The molecular formula is C22H32FN3O4. The van der Waals surface area contributed by atoms with E-state index < -0.39 is 29.0 Å². The second-order valence-corrected chi connectivity index (χ2v) is 9.52. The molecule has 1 fully saturated rings. The maximum Gasteiger partial charge on any atom is 0.410 e. The molecule has 1 heterocycles. The Morgan fingerprint density at radius 2 is 1.80 bits per heavy atom. The van der Waals surface area contributed by atoms with E-state index in [1.807, 2.05) is 0 Å². The second kappa shape index (κ2) is 9.02. The predicted molar refractivity (Wildman–Crippen MR) is 111 cm³/mol. The van der Waals surface area contributed by atoms with Gasteiger partial charge in [-0.1, -0.05) is 32.9 Å². The van der Waals surface area contributed by atoms with Crippen molar-refractivity contribution < 1.29 is 23.5 Å². The van der Waals surface area contributed by atoms with Crippen molar-refractivity contribution in [3.05, 3.63) is 35.6 Å². The SMILES string of the molecule is CC(C)(C)OC(=O)N1CCN(C(=O)CNC(=O)C(C)(C)C)[C@H](c2cccc(F)c2)C1. The van der Waals surface area contributed by atoms with Gasteiger partial charge in [0.15, 0.2) is 0 Å². The van der Waals surface area contributed by atoms with Gasteiger partial charge in [0, 0.05) is 25.0 Å². The number of amides is 3. The third kappa shape index (κ3) is 6.43. The van der Waals surface area contributed by atoms with Gasteiger partial charge in [-0.15, -0.1) is 0 Å². The van der Waals surface area contributed by atoms with E-state index in [9.17, 15) is 18.8 Å². The van der Waals surface area contributed by atoms with Crippen LogP contribution in [0.5, 0.6) is 0 Å². The molecule has 2 rings (SSSR count). The maximum absolute atomic E-state index is 13.8. The number of rotatable bonds is 3. The Morgan fingerprint density at radius 3 is 2.37 bits per heavy atom. The number of nitrogens with zero attached hydrogens (tertiary/aromatic N) is 2. The summed E-state index contributed by atoms with van der Waals surface area (Å²) in [6.07, 6.45) is -0.475. The summed E-state index contributed by atoms with van der Waals surface area (Å²) in [5.41, 5.74) is -0.674. The smallest absolute Gasteiger partial charge is 0.410 e. The minimum atomic E-state index is -0.643. The first kappa shape index (κ1) is 23.6. The lowest BCUT2D eigenvalue weighted by molar-refractivity contribution is -0.138. The van der Waals surface area contributed by atoms with Crippen LogP contribution < -0.4 is 5.32 Å².